The van der Waals surface area contributed by atoms with Crippen LogP contribution in [0.3, 0.4) is 0 Å². The van der Waals surface area contributed by atoms with Crippen molar-refractivity contribution in [1.82, 2.24) is 20.1 Å². The predicted molar refractivity (Wildman–Crippen MR) is 148 cm³/mol. The number of nitrogens with one attached hydrogen (secondary N) is 2. The number of aliphatic hydroxyl groups excluding tert-OH is 1. The highest BCUT2D eigenvalue weighted by molar-refractivity contribution is 8.00. The molecule has 0 radical (unpaired) electrons. The normalized spacial score (nSPS) is 17.9. The molecule has 0 bridgehead atoms. The van der Waals surface area contributed by atoms with Gasteiger partial charge in [0.25, 0.3) is 11.8 Å². The Kier molecular flexibility index (Phi) is 8.76. The molecule has 1 fully saturated rings. The first-order chi connectivity index (χ1) is 18.6. The van der Waals surface area contributed by atoms with E-state index in [-0.39, 0.29) is 18.8 Å². The number of aryl methyl sites for hydroxylation is 1. The number of carbonyl (C=O) groups is 3. The maximum atomic E-state index is 14.1. The van der Waals surface area contributed by atoms with Gasteiger partial charge in [-0.2, -0.15) is 0 Å². The highest BCUT2D eigenvalue weighted by Gasteiger charge is 2.49. The minimum atomic E-state index is -1.61. The number of halogens is 1. The Labute approximate surface area is 231 Å². The summed E-state index contributed by atoms with van der Waals surface area (Å²) in [7, 11) is 1.73. The molecule has 3 amide bonds. The topological polar surface area (TPSA) is 104 Å². The van der Waals surface area contributed by atoms with Crippen LogP contribution in [-0.2, 0) is 29.6 Å². The van der Waals surface area contributed by atoms with Crippen LogP contribution in [0.4, 0.5) is 4.39 Å². The van der Waals surface area contributed by atoms with E-state index in [1.807, 2.05) is 44.2 Å². The number of nitrogens with zero attached hydrogens (tertiary/aromatic N) is 2. The Bertz CT molecular complexity index is 1330. The van der Waals surface area contributed by atoms with Gasteiger partial charge in [0.15, 0.2) is 6.10 Å². The second-order valence-corrected chi connectivity index (χ2v) is 11.7. The lowest BCUT2D eigenvalue weighted by Gasteiger charge is -2.33. The first kappa shape index (κ1) is 28.4. The second-order valence-electron chi connectivity index (χ2n) is 10.1. The van der Waals surface area contributed by atoms with Gasteiger partial charge >= 0.3 is 0 Å². The molecule has 1 aromatic heterocycles. The van der Waals surface area contributed by atoms with Gasteiger partial charge in [-0.1, -0.05) is 48.5 Å². The Morgan fingerprint density at radius 3 is 2.44 bits per heavy atom. The van der Waals surface area contributed by atoms with Crippen LogP contribution in [0.5, 0.6) is 0 Å². The smallest absolute Gasteiger partial charge is 0.268 e. The van der Waals surface area contributed by atoms with E-state index in [1.54, 1.807) is 48.1 Å². The monoisotopic (exact) mass is 552 g/mol. The van der Waals surface area contributed by atoms with Crippen molar-refractivity contribution in [3.63, 3.8) is 0 Å². The summed E-state index contributed by atoms with van der Waals surface area (Å²) in [4.78, 5) is 41.4. The van der Waals surface area contributed by atoms with Gasteiger partial charge in [-0.05, 0) is 44.0 Å². The van der Waals surface area contributed by atoms with Crippen LogP contribution in [0.2, 0.25) is 0 Å². The average Bonchev–Trinajstić information content (AvgIpc) is 3.49. The number of carbonyl (C=O) groups excluding carboxylic acids is 3. The van der Waals surface area contributed by atoms with Crippen molar-refractivity contribution in [3.05, 3.63) is 95.6 Å². The fourth-order valence-corrected chi connectivity index (χ4v) is 5.86. The zero-order valence-electron chi connectivity index (χ0n) is 22.1. The third-order valence-electron chi connectivity index (χ3n) is 6.91. The van der Waals surface area contributed by atoms with Crippen molar-refractivity contribution in [2.45, 2.75) is 49.7 Å². The number of hydrogen-bond donors (Lipinski definition) is 3. The minimum Gasteiger partial charge on any atom is -0.381 e. The van der Waals surface area contributed by atoms with Gasteiger partial charge in [0.2, 0.25) is 5.91 Å². The van der Waals surface area contributed by atoms with E-state index in [0.29, 0.717) is 11.3 Å². The maximum absolute atomic E-state index is 14.1. The quantitative estimate of drug-likeness (QED) is 0.379. The highest BCUT2D eigenvalue weighted by Crippen LogP contribution is 2.40. The third kappa shape index (κ3) is 6.51. The summed E-state index contributed by atoms with van der Waals surface area (Å²) in [6.07, 6.45) is 0.334. The molecule has 3 aromatic rings. The van der Waals surface area contributed by atoms with E-state index < -0.39 is 46.5 Å². The standard InChI is InChI=1S/C29H33FN4O4S/c1-29(2)25(27(37)31-17-20-12-7-8-13-21(20)30)34(18-39-29)28(38)24(35)22(16-19-10-5-4-6-11-19)32-26(36)23-14-9-15-33(23)3/h4-15,22,24-25,35H,16-18H2,1-3H3,(H,31,37)(H,32,36)/t22-,24-,25+/m0/s1. The van der Waals surface area contributed by atoms with Gasteiger partial charge in [0.05, 0.1) is 11.9 Å². The van der Waals surface area contributed by atoms with Gasteiger partial charge < -0.3 is 25.2 Å². The minimum absolute atomic E-state index is 0.0311. The lowest BCUT2D eigenvalue weighted by Crippen LogP contribution is -2.58. The van der Waals surface area contributed by atoms with Crippen LogP contribution in [-0.4, -0.2) is 61.1 Å². The first-order valence-corrected chi connectivity index (χ1v) is 13.7. The van der Waals surface area contributed by atoms with E-state index >= 15 is 0 Å². The third-order valence-corrected chi connectivity index (χ3v) is 8.29. The van der Waals surface area contributed by atoms with Crippen molar-refractivity contribution in [3.8, 4) is 0 Å². The summed E-state index contributed by atoms with van der Waals surface area (Å²) in [6, 6.07) is 16.9. The molecule has 1 aliphatic heterocycles. The Morgan fingerprint density at radius 1 is 1.08 bits per heavy atom. The number of benzene rings is 2. The number of amides is 3. The Morgan fingerprint density at radius 2 is 1.77 bits per heavy atom. The lowest BCUT2D eigenvalue weighted by atomic mass is 9.97. The number of thioether (sulfide) groups is 1. The van der Waals surface area contributed by atoms with Gasteiger partial charge in [0, 0.05) is 30.1 Å². The predicted octanol–water partition coefficient (Wildman–Crippen LogP) is 2.86. The molecular formula is C29H33FN4O4S. The van der Waals surface area contributed by atoms with Crippen LogP contribution in [0.15, 0.2) is 72.9 Å². The molecule has 39 heavy (non-hydrogen) atoms. The van der Waals surface area contributed by atoms with Crippen LogP contribution in [0, 0.1) is 5.82 Å². The zero-order valence-corrected chi connectivity index (χ0v) is 23.0. The fraction of sp³-hybridized carbons (Fsp3) is 0.345. The van der Waals surface area contributed by atoms with E-state index in [9.17, 15) is 23.9 Å². The summed E-state index contributed by atoms with van der Waals surface area (Å²) in [5.41, 5.74) is 1.55. The maximum Gasteiger partial charge on any atom is 0.268 e. The van der Waals surface area contributed by atoms with Crippen LogP contribution >= 0.6 is 11.8 Å². The van der Waals surface area contributed by atoms with Gasteiger partial charge in [-0.15, -0.1) is 11.8 Å². The van der Waals surface area contributed by atoms with E-state index in [4.69, 9.17) is 0 Å². The molecule has 2 aromatic carbocycles. The Balaban J connectivity index is 1.54. The van der Waals surface area contributed by atoms with Crippen molar-refractivity contribution >= 4 is 29.5 Å². The second kappa shape index (κ2) is 12.0. The average molecular weight is 553 g/mol. The van der Waals surface area contributed by atoms with Gasteiger partial charge in [-0.25, -0.2) is 4.39 Å². The first-order valence-electron chi connectivity index (χ1n) is 12.7. The van der Waals surface area contributed by atoms with Crippen molar-refractivity contribution in [2.75, 3.05) is 5.88 Å². The zero-order chi connectivity index (χ0) is 28.2. The molecule has 206 valence electrons. The fourth-order valence-electron chi connectivity index (χ4n) is 4.72. The molecule has 10 heteroatoms. The number of aliphatic hydroxyl groups is 1. The molecule has 0 spiro atoms. The summed E-state index contributed by atoms with van der Waals surface area (Å²) in [6.45, 7) is 3.67. The number of rotatable bonds is 9. The van der Waals surface area contributed by atoms with Crippen LogP contribution in [0.25, 0.3) is 0 Å². The molecule has 1 aliphatic rings. The molecule has 1 saturated heterocycles. The summed E-state index contributed by atoms with van der Waals surface area (Å²) in [5.74, 6) is -1.78. The molecule has 3 N–H and O–H groups in total. The number of hydrogen-bond acceptors (Lipinski definition) is 5. The van der Waals surface area contributed by atoms with Gasteiger partial charge in [-0.3, -0.25) is 14.4 Å². The van der Waals surface area contributed by atoms with Crippen LogP contribution < -0.4 is 10.6 Å². The summed E-state index contributed by atoms with van der Waals surface area (Å²) >= 11 is 1.41. The van der Waals surface area contributed by atoms with E-state index in [0.717, 1.165) is 5.56 Å². The largest absolute Gasteiger partial charge is 0.381 e. The lowest BCUT2D eigenvalue weighted by molar-refractivity contribution is -0.147. The van der Waals surface area contributed by atoms with E-state index in [1.165, 1.54) is 22.7 Å². The molecule has 3 atom stereocenters. The molecule has 2 heterocycles. The SMILES string of the molecule is Cn1cccc1C(=O)N[C@@H](Cc1ccccc1)[C@H](O)C(=O)N1CSC(C)(C)[C@H]1C(=O)NCc1ccccc1F. The molecule has 0 unspecified atom stereocenters. The Hall–Kier alpha value is -3.63. The van der Waals surface area contributed by atoms with Crippen molar-refractivity contribution < 1.29 is 23.9 Å². The van der Waals surface area contributed by atoms with Gasteiger partial charge in [0.1, 0.15) is 17.6 Å². The summed E-state index contributed by atoms with van der Waals surface area (Å²) in [5, 5.41) is 16.9. The molecule has 4 rings (SSSR count). The van der Waals surface area contributed by atoms with E-state index in [2.05, 4.69) is 10.6 Å². The number of aromatic nitrogens is 1. The molecule has 0 saturated carbocycles. The molecule has 0 aliphatic carbocycles. The van der Waals surface area contributed by atoms with Crippen LogP contribution in [0.1, 0.15) is 35.5 Å². The molecular weight excluding hydrogens is 519 g/mol. The molecule has 8 nitrogen and oxygen atoms in total. The van der Waals surface area contributed by atoms with Crippen molar-refractivity contribution in [1.29, 1.82) is 0 Å². The summed E-state index contributed by atoms with van der Waals surface area (Å²) < 4.78 is 15.1. The highest BCUT2D eigenvalue weighted by atomic mass is 32.2. The van der Waals surface area contributed by atoms with Crippen molar-refractivity contribution in [2.24, 2.45) is 7.05 Å².